The molecule has 0 saturated carbocycles. The number of rotatable bonds is 2. The van der Waals surface area contributed by atoms with Gasteiger partial charge < -0.3 is 10.6 Å². The van der Waals surface area contributed by atoms with Crippen LogP contribution in [0.15, 0.2) is 12.4 Å². The van der Waals surface area contributed by atoms with Crippen molar-refractivity contribution in [2.75, 3.05) is 24.7 Å². The molecule has 0 atom stereocenters. The Morgan fingerprint density at radius 1 is 1.25 bits per heavy atom. The van der Waals surface area contributed by atoms with Gasteiger partial charge in [0.25, 0.3) is 0 Å². The van der Waals surface area contributed by atoms with Gasteiger partial charge in [0.2, 0.25) is 17.8 Å². The van der Waals surface area contributed by atoms with E-state index in [0.717, 1.165) is 5.82 Å². The van der Waals surface area contributed by atoms with Gasteiger partial charge in [0.05, 0.1) is 0 Å². The molecule has 2 aromatic rings. The summed E-state index contributed by atoms with van der Waals surface area (Å²) in [7, 11) is 3.69. The zero-order chi connectivity index (χ0) is 11.7. The summed E-state index contributed by atoms with van der Waals surface area (Å²) in [5.41, 5.74) is 5.63. The second kappa shape index (κ2) is 3.76. The highest BCUT2D eigenvalue weighted by Crippen LogP contribution is 2.10. The summed E-state index contributed by atoms with van der Waals surface area (Å²) in [6.45, 7) is 1.87. The van der Waals surface area contributed by atoms with Gasteiger partial charge in [-0.05, 0) is 6.92 Å². The van der Waals surface area contributed by atoms with E-state index < -0.39 is 0 Å². The molecule has 7 nitrogen and oxygen atoms in total. The minimum Gasteiger partial charge on any atom is -0.368 e. The van der Waals surface area contributed by atoms with Gasteiger partial charge >= 0.3 is 0 Å². The molecular weight excluding hydrogens is 206 g/mol. The smallest absolute Gasteiger partial charge is 0.241 e. The summed E-state index contributed by atoms with van der Waals surface area (Å²) in [4.78, 5) is 18.3. The van der Waals surface area contributed by atoms with Crippen LogP contribution in [-0.2, 0) is 0 Å². The molecule has 2 heterocycles. The Hall–Kier alpha value is -2.18. The van der Waals surface area contributed by atoms with E-state index >= 15 is 0 Å². The van der Waals surface area contributed by atoms with Crippen LogP contribution >= 0.6 is 0 Å². The number of aryl methyl sites for hydroxylation is 1. The van der Waals surface area contributed by atoms with Crippen LogP contribution in [0.2, 0.25) is 0 Å². The Labute approximate surface area is 93.0 Å². The van der Waals surface area contributed by atoms with Gasteiger partial charge in [-0.2, -0.15) is 15.0 Å². The molecule has 0 amide bonds. The lowest BCUT2D eigenvalue weighted by Gasteiger charge is -2.11. The van der Waals surface area contributed by atoms with Crippen LogP contribution in [0.25, 0.3) is 5.95 Å². The van der Waals surface area contributed by atoms with E-state index in [-0.39, 0.29) is 5.95 Å². The first-order valence-electron chi connectivity index (χ1n) is 4.77. The third kappa shape index (κ3) is 1.79. The lowest BCUT2D eigenvalue weighted by molar-refractivity contribution is 0.851. The maximum Gasteiger partial charge on any atom is 0.241 e. The van der Waals surface area contributed by atoms with E-state index in [1.807, 2.05) is 21.0 Å². The van der Waals surface area contributed by atoms with Crippen molar-refractivity contribution in [3.8, 4) is 5.95 Å². The van der Waals surface area contributed by atoms with Crippen molar-refractivity contribution in [3.63, 3.8) is 0 Å². The Kier molecular flexibility index (Phi) is 2.43. The molecule has 0 saturated heterocycles. The molecule has 2 N–H and O–H groups in total. The number of nitrogens with two attached hydrogens (primary N) is 1. The average molecular weight is 219 g/mol. The number of nitrogens with zero attached hydrogens (tertiary/aromatic N) is 6. The van der Waals surface area contributed by atoms with Crippen molar-refractivity contribution in [2.45, 2.75) is 6.92 Å². The molecule has 84 valence electrons. The molecular formula is C9H13N7. The molecule has 16 heavy (non-hydrogen) atoms. The quantitative estimate of drug-likeness (QED) is 0.766. The van der Waals surface area contributed by atoms with Crippen LogP contribution in [0.4, 0.5) is 11.9 Å². The Bertz CT molecular complexity index is 502. The second-order valence-corrected chi connectivity index (χ2v) is 3.53. The molecule has 0 radical (unpaired) electrons. The fourth-order valence-electron chi connectivity index (χ4n) is 1.27. The van der Waals surface area contributed by atoms with Crippen LogP contribution in [0.5, 0.6) is 0 Å². The SMILES string of the molecule is Cc1nccn1-c1nc(N)nc(N(C)C)n1. The topological polar surface area (TPSA) is 85.8 Å². The van der Waals surface area contributed by atoms with Crippen LogP contribution in [0.3, 0.4) is 0 Å². The second-order valence-electron chi connectivity index (χ2n) is 3.53. The first-order chi connectivity index (χ1) is 7.58. The summed E-state index contributed by atoms with van der Waals surface area (Å²) in [6, 6.07) is 0. The molecule has 0 unspecified atom stereocenters. The molecule has 7 heteroatoms. The minimum absolute atomic E-state index is 0.196. The number of imidazole rings is 1. The zero-order valence-electron chi connectivity index (χ0n) is 9.42. The van der Waals surface area contributed by atoms with Crippen LogP contribution in [0.1, 0.15) is 5.82 Å². The lowest BCUT2D eigenvalue weighted by atomic mass is 10.6. The first-order valence-corrected chi connectivity index (χ1v) is 4.77. The van der Waals surface area contributed by atoms with Crippen LogP contribution in [-0.4, -0.2) is 38.6 Å². The molecule has 2 aromatic heterocycles. The summed E-state index contributed by atoms with van der Waals surface area (Å²) >= 11 is 0. The zero-order valence-corrected chi connectivity index (χ0v) is 9.42. The van der Waals surface area contributed by atoms with Gasteiger partial charge in [-0.25, -0.2) is 4.98 Å². The molecule has 0 aromatic carbocycles. The summed E-state index contributed by atoms with van der Waals surface area (Å²) in [6.07, 6.45) is 3.47. The highest BCUT2D eigenvalue weighted by atomic mass is 15.3. The van der Waals surface area contributed by atoms with Crippen molar-refractivity contribution < 1.29 is 0 Å². The molecule has 2 rings (SSSR count). The Balaban J connectivity index is 2.54. The Morgan fingerprint density at radius 2 is 2.00 bits per heavy atom. The Morgan fingerprint density at radius 3 is 2.56 bits per heavy atom. The fourth-order valence-corrected chi connectivity index (χ4v) is 1.27. The molecule has 0 aliphatic rings. The van der Waals surface area contributed by atoms with Crippen molar-refractivity contribution in [1.82, 2.24) is 24.5 Å². The van der Waals surface area contributed by atoms with Gasteiger partial charge in [-0.15, -0.1) is 0 Å². The minimum atomic E-state index is 0.196. The van der Waals surface area contributed by atoms with Gasteiger partial charge in [-0.3, -0.25) is 4.57 Å². The van der Waals surface area contributed by atoms with E-state index in [4.69, 9.17) is 5.73 Å². The third-order valence-electron chi connectivity index (χ3n) is 2.07. The summed E-state index contributed by atoms with van der Waals surface area (Å²) in [5.74, 6) is 2.00. The molecule has 0 bridgehead atoms. The van der Waals surface area contributed by atoms with E-state index in [2.05, 4.69) is 19.9 Å². The highest BCUT2D eigenvalue weighted by molar-refractivity contribution is 5.36. The predicted molar refractivity (Wildman–Crippen MR) is 60.4 cm³/mol. The van der Waals surface area contributed by atoms with E-state index in [1.165, 1.54) is 0 Å². The van der Waals surface area contributed by atoms with E-state index in [1.54, 1.807) is 21.9 Å². The third-order valence-corrected chi connectivity index (χ3v) is 2.07. The summed E-state index contributed by atoms with van der Waals surface area (Å²) in [5, 5.41) is 0. The van der Waals surface area contributed by atoms with Gasteiger partial charge in [0.15, 0.2) is 0 Å². The van der Waals surface area contributed by atoms with Gasteiger partial charge in [0, 0.05) is 26.5 Å². The predicted octanol–water partition coefficient (Wildman–Crippen LogP) is 0.0139. The molecule has 0 spiro atoms. The number of hydrogen-bond donors (Lipinski definition) is 1. The normalized spacial score (nSPS) is 10.4. The van der Waals surface area contributed by atoms with Crippen molar-refractivity contribution in [2.24, 2.45) is 0 Å². The van der Waals surface area contributed by atoms with Crippen molar-refractivity contribution in [1.29, 1.82) is 0 Å². The van der Waals surface area contributed by atoms with Gasteiger partial charge in [0.1, 0.15) is 5.82 Å². The summed E-state index contributed by atoms with van der Waals surface area (Å²) < 4.78 is 1.76. The fraction of sp³-hybridized carbons (Fsp3) is 0.333. The van der Waals surface area contributed by atoms with Gasteiger partial charge in [-0.1, -0.05) is 0 Å². The maximum atomic E-state index is 5.63. The monoisotopic (exact) mass is 219 g/mol. The van der Waals surface area contributed by atoms with Crippen LogP contribution < -0.4 is 10.6 Å². The van der Waals surface area contributed by atoms with Crippen LogP contribution in [0, 0.1) is 6.92 Å². The molecule has 0 fully saturated rings. The van der Waals surface area contributed by atoms with E-state index in [9.17, 15) is 0 Å². The standard InChI is InChI=1S/C9H13N7/c1-6-11-4-5-16(6)9-13-7(10)12-8(14-9)15(2)3/h4-5H,1-3H3,(H2,10,12,13,14). The maximum absolute atomic E-state index is 5.63. The number of nitrogen functional groups attached to an aromatic ring is 1. The number of hydrogen-bond acceptors (Lipinski definition) is 6. The largest absolute Gasteiger partial charge is 0.368 e. The molecule has 0 aliphatic carbocycles. The van der Waals surface area contributed by atoms with E-state index in [0.29, 0.717) is 11.9 Å². The average Bonchev–Trinajstić information content (AvgIpc) is 2.63. The molecule has 0 aliphatic heterocycles. The highest BCUT2D eigenvalue weighted by Gasteiger charge is 2.09. The lowest BCUT2D eigenvalue weighted by Crippen LogP contribution is -2.17. The number of anilines is 2. The van der Waals surface area contributed by atoms with Crippen molar-refractivity contribution >= 4 is 11.9 Å². The van der Waals surface area contributed by atoms with Crippen molar-refractivity contribution in [3.05, 3.63) is 18.2 Å². The first kappa shape index (κ1) is 10.3. The number of aromatic nitrogens is 5.